The maximum absolute atomic E-state index is 13.9. The molecule has 3 heteroatoms. The summed E-state index contributed by atoms with van der Waals surface area (Å²) in [4.78, 5) is 14.4. The summed E-state index contributed by atoms with van der Waals surface area (Å²) in [5.41, 5.74) is 1.17. The fourth-order valence-corrected chi connectivity index (χ4v) is 3.94. The van der Waals surface area contributed by atoms with Gasteiger partial charge in [-0.05, 0) is 37.3 Å². The topological polar surface area (TPSA) is 20.3 Å². The van der Waals surface area contributed by atoms with Gasteiger partial charge in [0.25, 0.3) is 5.91 Å². The summed E-state index contributed by atoms with van der Waals surface area (Å²) in [6.45, 7) is 3.50. The van der Waals surface area contributed by atoms with Gasteiger partial charge in [-0.3, -0.25) is 4.79 Å². The van der Waals surface area contributed by atoms with E-state index in [0.29, 0.717) is 5.92 Å². The quantitative estimate of drug-likeness (QED) is 0.800. The number of benzene rings is 1. The van der Waals surface area contributed by atoms with E-state index in [9.17, 15) is 9.18 Å². The van der Waals surface area contributed by atoms with E-state index in [0.717, 1.165) is 31.0 Å². The van der Waals surface area contributed by atoms with Crippen molar-refractivity contribution < 1.29 is 9.18 Å². The normalized spacial score (nSPS) is 23.5. The molecule has 1 aliphatic carbocycles. The Bertz CT molecular complexity index is 522. The molecule has 1 amide bonds. The molecule has 0 spiro atoms. The average Bonchev–Trinajstić information content (AvgIpc) is 3.00. The van der Waals surface area contributed by atoms with Crippen molar-refractivity contribution in [3.63, 3.8) is 0 Å². The summed E-state index contributed by atoms with van der Waals surface area (Å²) in [6, 6.07) is 4.78. The molecule has 2 aliphatic rings. The zero-order chi connectivity index (χ0) is 14.8. The van der Waals surface area contributed by atoms with E-state index >= 15 is 0 Å². The van der Waals surface area contributed by atoms with Crippen molar-refractivity contribution in [2.45, 2.75) is 45.4 Å². The first-order valence-electron chi connectivity index (χ1n) is 8.20. The van der Waals surface area contributed by atoms with E-state index in [-0.39, 0.29) is 11.5 Å². The second-order valence-corrected chi connectivity index (χ2v) is 6.68. The zero-order valence-corrected chi connectivity index (χ0v) is 12.8. The number of hydrogen-bond acceptors (Lipinski definition) is 1. The van der Waals surface area contributed by atoms with Gasteiger partial charge in [0.15, 0.2) is 0 Å². The van der Waals surface area contributed by atoms with Gasteiger partial charge in [-0.15, -0.1) is 0 Å². The van der Waals surface area contributed by atoms with Crippen LogP contribution >= 0.6 is 0 Å². The molecule has 0 N–H and O–H groups in total. The summed E-state index contributed by atoms with van der Waals surface area (Å²) in [7, 11) is 0. The molecule has 0 aromatic heterocycles. The molecule has 1 atom stereocenters. The Labute approximate surface area is 126 Å². The highest BCUT2D eigenvalue weighted by molar-refractivity contribution is 5.94. The molecule has 1 unspecified atom stereocenters. The van der Waals surface area contributed by atoms with Crippen molar-refractivity contribution in [3.8, 4) is 0 Å². The summed E-state index contributed by atoms with van der Waals surface area (Å²) in [5.74, 6) is 0.877. The van der Waals surface area contributed by atoms with E-state index in [1.165, 1.54) is 38.2 Å². The Morgan fingerprint density at radius 1 is 1.14 bits per heavy atom. The second kappa shape index (κ2) is 6.17. The van der Waals surface area contributed by atoms with Gasteiger partial charge in [0.2, 0.25) is 0 Å². The lowest BCUT2D eigenvalue weighted by Gasteiger charge is -2.27. The molecule has 3 rings (SSSR count). The summed E-state index contributed by atoms with van der Waals surface area (Å²) < 4.78 is 13.9. The molecule has 1 aromatic carbocycles. The minimum absolute atomic E-state index is 0.130. The van der Waals surface area contributed by atoms with Crippen LogP contribution in [0.1, 0.15) is 54.4 Å². The maximum Gasteiger partial charge on any atom is 0.256 e. The van der Waals surface area contributed by atoms with Crippen molar-refractivity contribution in [2.75, 3.05) is 13.1 Å². The van der Waals surface area contributed by atoms with Gasteiger partial charge < -0.3 is 4.90 Å². The molecule has 1 heterocycles. The Balaban J connectivity index is 1.67. The first-order chi connectivity index (χ1) is 10.1. The molecular formula is C18H24FNO. The minimum atomic E-state index is -0.397. The van der Waals surface area contributed by atoms with Gasteiger partial charge in [0, 0.05) is 13.1 Å². The third kappa shape index (κ3) is 3.12. The lowest BCUT2D eigenvalue weighted by Crippen LogP contribution is -2.31. The Kier molecular flexibility index (Phi) is 4.27. The molecule has 0 bridgehead atoms. The van der Waals surface area contributed by atoms with Crippen LogP contribution in [-0.4, -0.2) is 23.9 Å². The Hall–Kier alpha value is -1.38. The fraction of sp³-hybridized carbons (Fsp3) is 0.611. The van der Waals surface area contributed by atoms with Crippen LogP contribution in [0.3, 0.4) is 0 Å². The predicted octanol–water partition coefficient (Wildman–Crippen LogP) is 4.18. The summed E-state index contributed by atoms with van der Waals surface area (Å²) in [5, 5.41) is 0. The number of aryl methyl sites for hydroxylation is 1. The number of amides is 1. The highest BCUT2D eigenvalue weighted by Gasteiger charge is 2.33. The van der Waals surface area contributed by atoms with Gasteiger partial charge in [0.1, 0.15) is 5.82 Å². The van der Waals surface area contributed by atoms with E-state index in [2.05, 4.69) is 0 Å². The predicted molar refractivity (Wildman–Crippen MR) is 81.7 cm³/mol. The largest absolute Gasteiger partial charge is 0.338 e. The minimum Gasteiger partial charge on any atom is -0.338 e. The van der Waals surface area contributed by atoms with Gasteiger partial charge in [0.05, 0.1) is 5.56 Å². The van der Waals surface area contributed by atoms with Gasteiger partial charge >= 0.3 is 0 Å². The van der Waals surface area contributed by atoms with Gasteiger partial charge in [-0.25, -0.2) is 4.39 Å². The van der Waals surface area contributed by atoms with E-state index < -0.39 is 5.82 Å². The van der Waals surface area contributed by atoms with E-state index in [4.69, 9.17) is 0 Å². The lowest BCUT2D eigenvalue weighted by molar-refractivity contribution is 0.0775. The third-order valence-corrected chi connectivity index (χ3v) is 5.18. The van der Waals surface area contributed by atoms with Crippen molar-refractivity contribution in [2.24, 2.45) is 11.8 Å². The van der Waals surface area contributed by atoms with Crippen LogP contribution in [0.2, 0.25) is 0 Å². The van der Waals surface area contributed by atoms with Gasteiger partial charge in [-0.1, -0.05) is 43.7 Å². The molecular weight excluding hydrogens is 265 g/mol. The smallest absolute Gasteiger partial charge is 0.256 e. The highest BCUT2D eigenvalue weighted by atomic mass is 19.1. The molecule has 114 valence electrons. The number of carbonyl (C=O) groups is 1. The van der Waals surface area contributed by atoms with Crippen molar-refractivity contribution in [1.82, 2.24) is 4.90 Å². The van der Waals surface area contributed by atoms with Gasteiger partial charge in [-0.2, -0.15) is 0 Å². The number of hydrogen-bond donors (Lipinski definition) is 0. The molecule has 1 aromatic rings. The molecule has 1 saturated carbocycles. The standard InChI is InChI=1S/C18H24FNO/c1-13-7-8-17(19)16(11-13)18(21)20-10-9-15(12-20)14-5-3-2-4-6-14/h7-8,11,14-15H,2-6,9-10,12H2,1H3. The summed E-state index contributed by atoms with van der Waals surface area (Å²) >= 11 is 0. The summed E-state index contributed by atoms with van der Waals surface area (Å²) in [6.07, 6.45) is 7.74. The zero-order valence-electron chi connectivity index (χ0n) is 12.8. The number of rotatable bonds is 2. The number of likely N-dealkylation sites (tertiary alicyclic amines) is 1. The molecule has 1 aliphatic heterocycles. The van der Waals surface area contributed by atoms with Crippen LogP contribution in [0.5, 0.6) is 0 Å². The highest BCUT2D eigenvalue weighted by Crippen LogP contribution is 2.35. The molecule has 0 radical (unpaired) electrons. The second-order valence-electron chi connectivity index (χ2n) is 6.68. The third-order valence-electron chi connectivity index (χ3n) is 5.18. The van der Waals surface area contributed by atoms with Crippen LogP contribution in [0, 0.1) is 24.6 Å². The van der Waals surface area contributed by atoms with Crippen molar-refractivity contribution in [1.29, 1.82) is 0 Å². The molecule has 2 fully saturated rings. The average molecular weight is 289 g/mol. The fourth-order valence-electron chi connectivity index (χ4n) is 3.94. The Morgan fingerprint density at radius 2 is 1.90 bits per heavy atom. The van der Waals surface area contributed by atoms with Crippen LogP contribution in [0.15, 0.2) is 18.2 Å². The molecule has 2 nitrogen and oxygen atoms in total. The monoisotopic (exact) mass is 289 g/mol. The van der Waals surface area contributed by atoms with E-state index in [1.54, 1.807) is 12.1 Å². The van der Waals surface area contributed by atoms with Crippen molar-refractivity contribution >= 4 is 5.91 Å². The molecule has 21 heavy (non-hydrogen) atoms. The number of halogens is 1. The molecule has 1 saturated heterocycles. The van der Waals surface area contributed by atoms with Crippen LogP contribution in [-0.2, 0) is 0 Å². The first kappa shape index (κ1) is 14.6. The lowest BCUT2D eigenvalue weighted by atomic mass is 9.80. The van der Waals surface area contributed by atoms with E-state index in [1.807, 2.05) is 11.8 Å². The SMILES string of the molecule is Cc1ccc(F)c(C(=O)N2CCC(C3CCCCC3)C2)c1. The number of carbonyl (C=O) groups excluding carboxylic acids is 1. The Morgan fingerprint density at radius 3 is 2.67 bits per heavy atom. The number of nitrogens with zero attached hydrogens (tertiary/aromatic N) is 1. The van der Waals surface area contributed by atoms with Crippen LogP contribution in [0.4, 0.5) is 4.39 Å². The van der Waals surface area contributed by atoms with Crippen LogP contribution < -0.4 is 0 Å². The van der Waals surface area contributed by atoms with Crippen LogP contribution in [0.25, 0.3) is 0 Å². The maximum atomic E-state index is 13.9. The first-order valence-corrected chi connectivity index (χ1v) is 8.20. The van der Waals surface area contributed by atoms with Crippen molar-refractivity contribution in [3.05, 3.63) is 35.1 Å².